The predicted octanol–water partition coefficient (Wildman–Crippen LogP) is 1.51. The van der Waals surface area contributed by atoms with E-state index >= 15 is 0 Å². The first-order chi connectivity index (χ1) is 16.6. The number of pyridine rings is 3. The number of carbonyl (C=O) groups is 1. The molecule has 1 amide bonds. The third-order valence-electron chi connectivity index (χ3n) is 6.23. The van der Waals surface area contributed by atoms with Gasteiger partial charge < -0.3 is 30.1 Å². The molecule has 0 spiro atoms. The molecule has 3 aromatic heterocycles. The van der Waals surface area contributed by atoms with Crippen LogP contribution in [-0.4, -0.2) is 70.8 Å². The molecule has 10 heteroatoms. The van der Waals surface area contributed by atoms with Crippen LogP contribution in [0, 0.1) is 5.92 Å². The van der Waals surface area contributed by atoms with E-state index in [-0.39, 0.29) is 12.5 Å². The van der Waals surface area contributed by atoms with Crippen molar-refractivity contribution >= 4 is 22.8 Å². The van der Waals surface area contributed by atoms with Gasteiger partial charge in [0.05, 0.1) is 29.9 Å². The Morgan fingerprint density at radius 3 is 3.09 bits per heavy atom. The summed E-state index contributed by atoms with van der Waals surface area (Å²) in [5.41, 5.74) is 3.02. The summed E-state index contributed by atoms with van der Waals surface area (Å²) in [6.45, 7) is 3.88. The lowest BCUT2D eigenvalue weighted by Crippen LogP contribution is -2.29. The first kappa shape index (κ1) is 22.5. The summed E-state index contributed by atoms with van der Waals surface area (Å²) in [7, 11) is 1.58. The smallest absolute Gasteiger partial charge is 0.263 e. The van der Waals surface area contributed by atoms with Gasteiger partial charge in [-0.25, -0.2) is 9.97 Å². The summed E-state index contributed by atoms with van der Waals surface area (Å²) in [6, 6.07) is 9.20. The fourth-order valence-corrected chi connectivity index (χ4v) is 4.51. The third-order valence-corrected chi connectivity index (χ3v) is 6.23. The van der Waals surface area contributed by atoms with Gasteiger partial charge >= 0.3 is 0 Å². The van der Waals surface area contributed by atoms with E-state index in [0.717, 1.165) is 42.8 Å². The molecule has 2 aliphatic heterocycles. The number of likely N-dealkylation sites (tertiary alicyclic amines) is 1. The third kappa shape index (κ3) is 4.93. The zero-order valence-electron chi connectivity index (χ0n) is 19.0. The molecule has 3 N–H and O–H groups in total. The van der Waals surface area contributed by atoms with Crippen molar-refractivity contribution in [3.8, 4) is 11.6 Å². The summed E-state index contributed by atoms with van der Waals surface area (Å²) in [4.78, 5) is 27.1. The molecule has 0 radical (unpaired) electrons. The lowest BCUT2D eigenvalue weighted by molar-refractivity contribution is -0.118. The molecule has 3 aromatic rings. The molecule has 0 saturated carbocycles. The monoisotopic (exact) mass is 464 g/mol. The number of fused-ring (bicyclic) bond motifs is 2. The van der Waals surface area contributed by atoms with E-state index in [4.69, 9.17) is 9.47 Å². The van der Waals surface area contributed by atoms with Crippen LogP contribution in [0.2, 0.25) is 0 Å². The van der Waals surface area contributed by atoms with Crippen molar-refractivity contribution in [2.75, 3.05) is 45.2 Å². The van der Waals surface area contributed by atoms with Gasteiger partial charge in [-0.2, -0.15) is 0 Å². The number of ether oxygens (including phenoxy) is 2. The zero-order valence-corrected chi connectivity index (χ0v) is 19.0. The number of aromatic nitrogens is 3. The van der Waals surface area contributed by atoms with Crippen molar-refractivity contribution in [1.82, 2.24) is 25.2 Å². The van der Waals surface area contributed by atoms with Crippen LogP contribution in [0.15, 0.2) is 36.5 Å². The molecule has 178 valence electrons. The maximum absolute atomic E-state index is 11.5. The summed E-state index contributed by atoms with van der Waals surface area (Å²) in [6.07, 6.45) is 2.11. The topological polar surface area (TPSA) is 122 Å². The van der Waals surface area contributed by atoms with Gasteiger partial charge in [0, 0.05) is 37.5 Å². The van der Waals surface area contributed by atoms with Crippen molar-refractivity contribution < 1.29 is 19.4 Å². The van der Waals surface area contributed by atoms with Gasteiger partial charge in [0.2, 0.25) is 5.88 Å². The van der Waals surface area contributed by atoms with E-state index in [1.165, 1.54) is 0 Å². The van der Waals surface area contributed by atoms with Crippen LogP contribution in [0.3, 0.4) is 0 Å². The van der Waals surface area contributed by atoms with Crippen molar-refractivity contribution in [1.29, 1.82) is 0 Å². The Kier molecular flexibility index (Phi) is 6.52. The number of aliphatic hydroxyl groups excluding tert-OH is 1. The van der Waals surface area contributed by atoms with Crippen molar-refractivity contribution in [2.24, 2.45) is 5.92 Å². The van der Waals surface area contributed by atoms with Crippen molar-refractivity contribution in [2.45, 2.75) is 19.1 Å². The lowest BCUT2D eigenvalue weighted by Gasteiger charge is -2.21. The van der Waals surface area contributed by atoms with Gasteiger partial charge in [0.15, 0.2) is 18.2 Å². The highest BCUT2D eigenvalue weighted by molar-refractivity contribution is 5.94. The maximum atomic E-state index is 11.5. The molecule has 1 fully saturated rings. The lowest BCUT2D eigenvalue weighted by atomic mass is 10.1. The molecular formula is C24H28N6O4. The number of methoxy groups -OCH3 is 1. The van der Waals surface area contributed by atoms with Gasteiger partial charge in [0.25, 0.3) is 5.91 Å². The van der Waals surface area contributed by atoms with E-state index in [9.17, 15) is 9.90 Å². The minimum Gasteiger partial charge on any atom is -0.481 e. The first-order valence-corrected chi connectivity index (χ1v) is 11.4. The van der Waals surface area contributed by atoms with Crippen LogP contribution >= 0.6 is 0 Å². The first-order valence-electron chi connectivity index (χ1n) is 11.4. The van der Waals surface area contributed by atoms with Gasteiger partial charge in [-0.1, -0.05) is 0 Å². The highest BCUT2D eigenvalue weighted by Gasteiger charge is 2.25. The normalized spacial score (nSPS) is 18.9. The Labute approximate surface area is 197 Å². The molecule has 5 heterocycles. The number of nitrogens with one attached hydrogen (secondary N) is 2. The Bertz CT molecular complexity index is 1190. The molecule has 1 saturated heterocycles. The number of hydrogen-bond donors (Lipinski definition) is 3. The number of aliphatic hydroxyl groups is 1. The summed E-state index contributed by atoms with van der Waals surface area (Å²) >= 11 is 0. The second-order valence-corrected chi connectivity index (χ2v) is 8.67. The molecule has 0 aliphatic carbocycles. The Balaban J connectivity index is 1.13. The van der Waals surface area contributed by atoms with Crippen molar-refractivity contribution in [3.05, 3.63) is 47.8 Å². The molecule has 0 bridgehead atoms. The largest absolute Gasteiger partial charge is 0.481 e. The number of carbonyl (C=O) groups excluding carboxylic acids is 1. The number of rotatable bonds is 8. The molecule has 10 nitrogen and oxygen atoms in total. The van der Waals surface area contributed by atoms with E-state index in [1.54, 1.807) is 19.4 Å². The van der Waals surface area contributed by atoms with Crippen LogP contribution < -0.4 is 20.1 Å². The van der Waals surface area contributed by atoms with E-state index < -0.39 is 6.10 Å². The van der Waals surface area contributed by atoms with Crippen LogP contribution in [0.25, 0.3) is 11.0 Å². The Morgan fingerprint density at radius 2 is 2.21 bits per heavy atom. The molecular weight excluding hydrogens is 436 g/mol. The summed E-state index contributed by atoms with van der Waals surface area (Å²) in [5.74, 6) is 1.88. The second kappa shape index (κ2) is 9.88. The number of nitrogens with zero attached hydrogens (tertiary/aromatic N) is 4. The molecule has 2 aliphatic rings. The van der Waals surface area contributed by atoms with E-state index in [0.29, 0.717) is 42.0 Å². The second-order valence-electron chi connectivity index (χ2n) is 8.67. The minimum atomic E-state index is -0.658. The number of β-amino-alcohol motifs (C(OH)–C–C–N with tert-alkyl or cyclic N) is 1. The van der Waals surface area contributed by atoms with Crippen LogP contribution in [0.1, 0.15) is 23.8 Å². The van der Waals surface area contributed by atoms with Crippen LogP contribution in [0.5, 0.6) is 11.6 Å². The van der Waals surface area contributed by atoms with Gasteiger partial charge in [-0.05, 0) is 49.7 Å². The average Bonchev–Trinajstić information content (AvgIpc) is 3.30. The molecule has 2 atom stereocenters. The Hall–Kier alpha value is -3.34. The maximum Gasteiger partial charge on any atom is 0.263 e. The quantitative estimate of drug-likeness (QED) is 0.455. The zero-order chi connectivity index (χ0) is 23.5. The standard InChI is InChI=1S/C24H28N6O4/c1-33-22-5-3-18-23(29-22)17(6-8-26-18)19(31)13-30-9-7-15(12-30)10-25-11-16-2-4-20-24(27-16)28-21(32)14-34-20/h2-6,8,15,19,25,31H,7,9-14H2,1H3,(H,27,28,32)/t15-,19+/m1/s1. The minimum absolute atomic E-state index is 0.0290. The number of anilines is 1. The highest BCUT2D eigenvalue weighted by atomic mass is 16.5. The van der Waals surface area contributed by atoms with E-state index in [2.05, 4.69) is 30.5 Å². The molecule has 0 unspecified atom stereocenters. The number of hydrogen-bond acceptors (Lipinski definition) is 9. The fraction of sp³-hybridized carbons (Fsp3) is 0.417. The van der Waals surface area contributed by atoms with Gasteiger partial charge in [-0.3, -0.25) is 9.78 Å². The van der Waals surface area contributed by atoms with Gasteiger partial charge in [-0.15, -0.1) is 0 Å². The van der Waals surface area contributed by atoms with Crippen molar-refractivity contribution in [3.63, 3.8) is 0 Å². The number of amides is 1. The fourth-order valence-electron chi connectivity index (χ4n) is 4.51. The highest BCUT2D eigenvalue weighted by Crippen LogP contribution is 2.27. The van der Waals surface area contributed by atoms with Crippen LogP contribution in [0.4, 0.5) is 5.82 Å². The predicted molar refractivity (Wildman–Crippen MR) is 126 cm³/mol. The van der Waals surface area contributed by atoms with Gasteiger partial charge in [0.1, 0.15) is 0 Å². The average molecular weight is 465 g/mol. The SMILES string of the molecule is COc1ccc2nccc([C@@H](O)CN3CC[C@H](CNCc4ccc5c(n4)NC(=O)CO5)C3)c2n1. The Morgan fingerprint density at radius 1 is 1.29 bits per heavy atom. The summed E-state index contributed by atoms with van der Waals surface area (Å²) in [5, 5.41) is 17.2. The summed E-state index contributed by atoms with van der Waals surface area (Å²) < 4.78 is 10.6. The molecule has 34 heavy (non-hydrogen) atoms. The molecule has 5 rings (SSSR count). The van der Waals surface area contributed by atoms with Crippen LogP contribution in [-0.2, 0) is 11.3 Å². The molecule has 0 aromatic carbocycles. The van der Waals surface area contributed by atoms with E-state index in [1.807, 2.05) is 24.3 Å².